The molecule has 0 radical (unpaired) electrons. The molecule has 3 heteroatoms. The normalized spacial score (nSPS) is 14.1. The van der Waals surface area contributed by atoms with Gasteiger partial charge < -0.3 is 0 Å². The van der Waals surface area contributed by atoms with Crippen LogP contribution in [0.1, 0.15) is 23.5 Å². The first-order valence-electron chi connectivity index (χ1n) is 17.3. The van der Waals surface area contributed by atoms with Gasteiger partial charge >= 0.3 is 0 Å². The van der Waals surface area contributed by atoms with E-state index in [0.717, 1.165) is 45.4 Å². The van der Waals surface area contributed by atoms with Gasteiger partial charge in [-0.25, -0.2) is 9.97 Å². The van der Waals surface area contributed by atoms with E-state index in [2.05, 4.69) is 163 Å². The van der Waals surface area contributed by atoms with Crippen LogP contribution >= 0.6 is 0 Å². The average Bonchev–Trinajstić information content (AvgIpc) is 3.57. The van der Waals surface area contributed by atoms with Crippen molar-refractivity contribution in [2.75, 3.05) is 0 Å². The van der Waals surface area contributed by atoms with E-state index in [9.17, 15) is 0 Å². The lowest BCUT2D eigenvalue weighted by atomic mass is 9.89. The molecule has 0 bridgehead atoms. The summed E-state index contributed by atoms with van der Waals surface area (Å²) in [5.74, 6) is 1.24. The fourth-order valence-electron chi connectivity index (χ4n) is 7.62. The smallest absolute Gasteiger partial charge is 0.149 e. The van der Waals surface area contributed by atoms with E-state index in [-0.39, 0.29) is 0 Å². The number of imidazole rings is 1. The van der Waals surface area contributed by atoms with E-state index in [0.29, 0.717) is 5.92 Å². The molecule has 2 aromatic heterocycles. The van der Waals surface area contributed by atoms with E-state index in [4.69, 9.17) is 9.97 Å². The van der Waals surface area contributed by atoms with Crippen molar-refractivity contribution in [3.05, 3.63) is 173 Å². The van der Waals surface area contributed by atoms with Crippen molar-refractivity contribution in [1.29, 1.82) is 0 Å². The molecule has 1 aliphatic rings. The molecular weight excluding hydrogens is 607 g/mol. The molecule has 1 atom stereocenters. The third-order valence-electron chi connectivity index (χ3n) is 10.4. The third-order valence-corrected chi connectivity index (χ3v) is 10.4. The first-order valence-corrected chi connectivity index (χ1v) is 17.3. The molecular formula is C47H33N3. The Morgan fingerprint density at radius 2 is 1.18 bits per heavy atom. The second-order valence-corrected chi connectivity index (χ2v) is 13.5. The van der Waals surface area contributed by atoms with Crippen molar-refractivity contribution in [2.24, 2.45) is 0 Å². The summed E-state index contributed by atoms with van der Waals surface area (Å²) in [5.41, 5.74) is 12.6. The Morgan fingerprint density at radius 1 is 0.540 bits per heavy atom. The molecule has 1 unspecified atom stereocenters. The molecule has 7 aromatic carbocycles. The third kappa shape index (κ3) is 4.82. The monoisotopic (exact) mass is 639 g/mol. The van der Waals surface area contributed by atoms with Gasteiger partial charge in [-0.05, 0) is 105 Å². The van der Waals surface area contributed by atoms with Crippen LogP contribution < -0.4 is 10.4 Å². The van der Waals surface area contributed by atoms with Gasteiger partial charge in [0, 0.05) is 16.9 Å². The largest absolute Gasteiger partial charge is 0.276 e. The summed E-state index contributed by atoms with van der Waals surface area (Å²) in [4.78, 5) is 10.2. The zero-order valence-electron chi connectivity index (χ0n) is 27.7. The quantitative estimate of drug-likeness (QED) is 0.192. The van der Waals surface area contributed by atoms with Gasteiger partial charge in [0.25, 0.3) is 0 Å². The summed E-state index contributed by atoms with van der Waals surface area (Å²) in [6.07, 6.45) is 5.80. The van der Waals surface area contributed by atoms with Gasteiger partial charge in [-0.15, -0.1) is 0 Å². The Bertz CT molecular complexity index is 2900. The van der Waals surface area contributed by atoms with Gasteiger partial charge in [0.15, 0.2) is 0 Å². The molecule has 0 aliphatic heterocycles. The molecule has 0 saturated heterocycles. The summed E-state index contributed by atoms with van der Waals surface area (Å²) in [6, 6.07) is 54.8. The molecule has 9 aromatic rings. The predicted molar refractivity (Wildman–Crippen MR) is 209 cm³/mol. The van der Waals surface area contributed by atoms with Crippen LogP contribution in [-0.2, 0) is 0 Å². The van der Waals surface area contributed by atoms with Crippen molar-refractivity contribution in [1.82, 2.24) is 14.4 Å². The summed E-state index contributed by atoms with van der Waals surface area (Å²) < 4.78 is 2.21. The van der Waals surface area contributed by atoms with Crippen LogP contribution in [-0.4, -0.2) is 14.4 Å². The van der Waals surface area contributed by atoms with Crippen molar-refractivity contribution in [3.63, 3.8) is 0 Å². The maximum absolute atomic E-state index is 5.15. The van der Waals surface area contributed by atoms with Crippen LogP contribution in [0.25, 0.3) is 84.1 Å². The van der Waals surface area contributed by atoms with Gasteiger partial charge in [0.1, 0.15) is 11.5 Å². The van der Waals surface area contributed by atoms with Gasteiger partial charge in [-0.3, -0.25) is 4.40 Å². The highest BCUT2D eigenvalue weighted by molar-refractivity contribution is 5.98. The molecule has 0 amide bonds. The van der Waals surface area contributed by atoms with E-state index >= 15 is 0 Å². The number of aryl methyl sites for hydroxylation is 1. The maximum Gasteiger partial charge on any atom is 0.149 e. The lowest BCUT2D eigenvalue weighted by molar-refractivity contribution is 0.921. The fraction of sp³-hybridized carbons (Fsp3) is 0.0638. The molecule has 0 N–H and O–H groups in total. The zero-order chi connectivity index (χ0) is 33.2. The summed E-state index contributed by atoms with van der Waals surface area (Å²) >= 11 is 0. The summed E-state index contributed by atoms with van der Waals surface area (Å²) in [5, 5.41) is 6.18. The Hall–Kier alpha value is -6.32. The van der Waals surface area contributed by atoms with Crippen LogP contribution in [0.3, 0.4) is 0 Å². The van der Waals surface area contributed by atoms with E-state index in [1.807, 2.05) is 12.1 Å². The van der Waals surface area contributed by atoms with Crippen molar-refractivity contribution in [2.45, 2.75) is 19.3 Å². The number of hydrogen-bond acceptors (Lipinski definition) is 2. The highest BCUT2D eigenvalue weighted by Gasteiger charge is 2.17. The number of aromatic nitrogens is 3. The topological polar surface area (TPSA) is 30.2 Å². The summed E-state index contributed by atoms with van der Waals surface area (Å²) in [7, 11) is 0. The second-order valence-electron chi connectivity index (χ2n) is 13.5. The molecule has 0 saturated carbocycles. The fourth-order valence-corrected chi connectivity index (χ4v) is 7.62. The van der Waals surface area contributed by atoms with E-state index in [1.54, 1.807) is 0 Å². The molecule has 2 heterocycles. The molecule has 3 nitrogen and oxygen atoms in total. The molecule has 50 heavy (non-hydrogen) atoms. The number of rotatable bonds is 4. The Labute approximate surface area is 290 Å². The molecule has 236 valence electrons. The molecule has 1 aliphatic carbocycles. The van der Waals surface area contributed by atoms with Crippen molar-refractivity contribution >= 4 is 50.5 Å². The van der Waals surface area contributed by atoms with Crippen LogP contribution in [0.5, 0.6) is 0 Å². The molecule has 10 rings (SSSR count). The Balaban J connectivity index is 0.951. The number of nitrogens with zero attached hydrogens (tertiary/aromatic N) is 3. The maximum atomic E-state index is 5.15. The van der Waals surface area contributed by atoms with Crippen molar-refractivity contribution < 1.29 is 0 Å². The highest BCUT2D eigenvalue weighted by atomic mass is 15.1. The van der Waals surface area contributed by atoms with E-state index < -0.39 is 0 Å². The highest BCUT2D eigenvalue weighted by Crippen LogP contribution is 2.32. The van der Waals surface area contributed by atoms with Crippen LogP contribution in [0.4, 0.5) is 0 Å². The lowest BCUT2D eigenvalue weighted by Gasteiger charge is -2.16. The first-order chi connectivity index (χ1) is 24.6. The van der Waals surface area contributed by atoms with Crippen LogP contribution in [0.2, 0.25) is 0 Å². The number of benzene rings is 7. The lowest BCUT2D eigenvalue weighted by Crippen LogP contribution is -2.28. The molecule has 0 fully saturated rings. The zero-order valence-corrected chi connectivity index (χ0v) is 27.7. The van der Waals surface area contributed by atoms with Gasteiger partial charge in [0.2, 0.25) is 0 Å². The Kier molecular flexibility index (Phi) is 6.53. The van der Waals surface area contributed by atoms with Gasteiger partial charge in [-0.1, -0.05) is 127 Å². The van der Waals surface area contributed by atoms with Gasteiger partial charge in [0.05, 0.1) is 16.6 Å². The number of para-hydroxylation sites is 3. The standard InChI is InChI=1S/C47H33N3/c1-30-10-12-31(13-11-30)34-18-20-38-28-40(24-22-36(38)26-34)41-25-23-37-27-35(19-21-39(37)29-41)32-14-16-33(17-15-32)46-48-43-7-3-2-6-42(43)47-49-44-8-4-5-9-45(44)50(46)47/h2-18,20-29,35H,19H2,1H3. The van der Waals surface area contributed by atoms with Crippen LogP contribution in [0.15, 0.2) is 152 Å². The SMILES string of the molecule is Cc1ccc(-c2ccc3cc(-c4ccc5c(c4)=CCC(c4ccc(-c6nc7ccccc7c7nc8ccccc8n67)cc4)C=5)ccc3c2)cc1. The van der Waals surface area contributed by atoms with Crippen molar-refractivity contribution in [3.8, 4) is 33.6 Å². The second kappa shape index (κ2) is 11.4. The summed E-state index contributed by atoms with van der Waals surface area (Å²) in [6.45, 7) is 2.13. The molecule has 0 spiro atoms. The minimum Gasteiger partial charge on any atom is -0.276 e. The minimum atomic E-state index is 0.324. The Morgan fingerprint density at radius 3 is 1.98 bits per heavy atom. The average molecular weight is 640 g/mol. The van der Waals surface area contributed by atoms with E-state index in [1.165, 1.54) is 54.6 Å². The van der Waals surface area contributed by atoms with Crippen LogP contribution in [0, 0.1) is 6.92 Å². The van der Waals surface area contributed by atoms with Gasteiger partial charge in [-0.2, -0.15) is 0 Å². The number of fused-ring (bicyclic) bond motifs is 7. The minimum absolute atomic E-state index is 0.324. The number of hydrogen-bond donors (Lipinski definition) is 0. The predicted octanol–water partition coefficient (Wildman–Crippen LogP) is 10.2. The first kappa shape index (κ1) is 28.7.